The van der Waals surface area contributed by atoms with E-state index in [0.29, 0.717) is 47.7 Å². The number of nitrogens with one attached hydrogen (secondary N) is 1. The highest BCUT2D eigenvalue weighted by atomic mass is 28.4. The summed E-state index contributed by atoms with van der Waals surface area (Å²) in [5, 5.41) is 6.97. The molecule has 2 aliphatic heterocycles. The quantitative estimate of drug-likeness (QED) is 0.448. The predicted octanol–water partition coefficient (Wildman–Crippen LogP) is 5.47. The number of carbonyl (C=O) groups excluding carboxylic acids is 2. The maximum Gasteiger partial charge on any atom is 0.414 e. The standard InChI is InChI=1S/C28H36FN3O5Si/c1-18(33)30-15-23-16-32(27(34)36-23)21-10-7-19(8-11-21)24-12-9-20(13-25(24)29)26-14-22(37-31-26)17-35-38(5,6)28(2,3)4/h7-13,22-23H,14-17H2,1-6H3,(H,30,33)/t22?,23-/m0/s1. The largest absolute Gasteiger partial charge is 0.442 e. The highest BCUT2D eigenvalue weighted by molar-refractivity contribution is 6.74. The zero-order valence-electron chi connectivity index (χ0n) is 22.8. The van der Waals surface area contributed by atoms with Crippen LogP contribution in [0, 0.1) is 5.82 Å². The van der Waals surface area contributed by atoms with Crippen LogP contribution in [-0.4, -0.2) is 57.9 Å². The van der Waals surface area contributed by atoms with Crippen molar-refractivity contribution in [3.05, 3.63) is 53.8 Å². The Morgan fingerprint density at radius 2 is 1.84 bits per heavy atom. The van der Waals surface area contributed by atoms with Crippen LogP contribution < -0.4 is 10.2 Å². The molecule has 1 fully saturated rings. The van der Waals surface area contributed by atoms with Crippen LogP contribution in [0.5, 0.6) is 0 Å². The molecule has 1 N–H and O–H groups in total. The molecule has 2 atom stereocenters. The zero-order valence-corrected chi connectivity index (χ0v) is 23.8. The molecular formula is C28H36FN3O5Si. The number of oxime groups is 1. The molecule has 0 aromatic heterocycles. The number of rotatable bonds is 8. The molecule has 8 nitrogen and oxygen atoms in total. The summed E-state index contributed by atoms with van der Waals surface area (Å²) < 4.78 is 26.7. The van der Waals surface area contributed by atoms with Crippen molar-refractivity contribution in [3.8, 4) is 11.1 Å². The van der Waals surface area contributed by atoms with E-state index in [0.717, 1.165) is 0 Å². The van der Waals surface area contributed by atoms with Gasteiger partial charge in [-0.2, -0.15) is 0 Å². The lowest BCUT2D eigenvalue weighted by Gasteiger charge is -2.36. The van der Waals surface area contributed by atoms with Gasteiger partial charge in [0.15, 0.2) is 14.4 Å². The normalized spacial score (nSPS) is 19.7. The molecule has 0 radical (unpaired) electrons. The van der Waals surface area contributed by atoms with Crippen LogP contribution in [0.2, 0.25) is 18.1 Å². The zero-order chi connectivity index (χ0) is 27.7. The van der Waals surface area contributed by atoms with Gasteiger partial charge in [-0.15, -0.1) is 0 Å². The molecule has 10 heteroatoms. The maximum atomic E-state index is 15.2. The molecule has 4 rings (SSSR count). The van der Waals surface area contributed by atoms with Crippen LogP contribution in [0.4, 0.5) is 14.9 Å². The predicted molar refractivity (Wildman–Crippen MR) is 147 cm³/mol. The van der Waals surface area contributed by atoms with Crippen LogP contribution in [-0.2, 0) is 18.8 Å². The number of hydrogen-bond acceptors (Lipinski definition) is 6. The van der Waals surface area contributed by atoms with Crippen molar-refractivity contribution < 1.29 is 28.0 Å². The molecule has 204 valence electrons. The molecule has 0 aliphatic carbocycles. The Kier molecular flexibility index (Phi) is 7.94. The van der Waals surface area contributed by atoms with Crippen molar-refractivity contribution in [3.63, 3.8) is 0 Å². The van der Waals surface area contributed by atoms with E-state index in [-0.39, 0.29) is 29.4 Å². The van der Waals surface area contributed by atoms with Gasteiger partial charge in [-0.05, 0) is 41.9 Å². The lowest BCUT2D eigenvalue weighted by molar-refractivity contribution is -0.119. The Morgan fingerprint density at radius 1 is 1.16 bits per heavy atom. The number of carbonyl (C=O) groups is 2. The van der Waals surface area contributed by atoms with Crippen molar-refractivity contribution in [2.75, 3.05) is 24.6 Å². The molecule has 1 saturated heterocycles. The number of cyclic esters (lactones) is 1. The molecule has 2 aromatic carbocycles. The minimum atomic E-state index is -1.89. The van der Waals surface area contributed by atoms with E-state index >= 15 is 4.39 Å². The first kappa shape index (κ1) is 27.8. The van der Waals surface area contributed by atoms with Gasteiger partial charge in [0.05, 0.1) is 25.4 Å². The van der Waals surface area contributed by atoms with Gasteiger partial charge in [0.25, 0.3) is 0 Å². The third kappa shape index (κ3) is 6.24. The van der Waals surface area contributed by atoms with Crippen molar-refractivity contribution in [2.45, 2.75) is 64.5 Å². The van der Waals surface area contributed by atoms with Crippen LogP contribution in [0.3, 0.4) is 0 Å². The molecule has 2 amide bonds. The summed E-state index contributed by atoms with van der Waals surface area (Å²) in [6.45, 7) is 13.5. The van der Waals surface area contributed by atoms with E-state index in [1.54, 1.807) is 30.3 Å². The van der Waals surface area contributed by atoms with Crippen molar-refractivity contribution in [2.24, 2.45) is 5.16 Å². The van der Waals surface area contributed by atoms with Crippen molar-refractivity contribution in [1.29, 1.82) is 0 Å². The van der Waals surface area contributed by atoms with Gasteiger partial charge in [-0.3, -0.25) is 9.69 Å². The first-order chi connectivity index (χ1) is 17.8. The van der Waals surface area contributed by atoms with Gasteiger partial charge in [-0.25, -0.2) is 9.18 Å². The summed E-state index contributed by atoms with van der Waals surface area (Å²) in [5.74, 6) is -0.547. The van der Waals surface area contributed by atoms with Gasteiger partial charge in [0, 0.05) is 30.2 Å². The summed E-state index contributed by atoms with van der Waals surface area (Å²) >= 11 is 0. The van der Waals surface area contributed by atoms with Gasteiger partial charge in [0.2, 0.25) is 5.91 Å². The lowest BCUT2D eigenvalue weighted by atomic mass is 9.99. The van der Waals surface area contributed by atoms with Gasteiger partial charge >= 0.3 is 6.09 Å². The van der Waals surface area contributed by atoms with E-state index in [1.165, 1.54) is 17.9 Å². The molecule has 2 heterocycles. The summed E-state index contributed by atoms with van der Waals surface area (Å²) in [6.07, 6.45) is -0.505. The molecule has 2 aliphatic rings. The Bertz CT molecular complexity index is 1230. The fourth-order valence-corrected chi connectivity index (χ4v) is 5.09. The number of hydrogen-bond donors (Lipinski definition) is 1. The highest BCUT2D eigenvalue weighted by Gasteiger charge is 2.38. The number of benzene rings is 2. The highest BCUT2D eigenvalue weighted by Crippen LogP contribution is 2.37. The average Bonchev–Trinajstić information content (AvgIpc) is 3.47. The molecular weight excluding hydrogens is 505 g/mol. The third-order valence-corrected chi connectivity index (χ3v) is 11.9. The molecule has 2 aromatic rings. The number of ether oxygens (including phenoxy) is 1. The Morgan fingerprint density at radius 3 is 2.47 bits per heavy atom. The number of anilines is 1. The smallest absolute Gasteiger partial charge is 0.414 e. The van der Waals surface area contributed by atoms with E-state index in [9.17, 15) is 9.59 Å². The second-order valence-corrected chi connectivity index (χ2v) is 16.1. The Labute approximate surface area is 224 Å². The SMILES string of the molecule is CC(=O)NC[C@H]1CN(c2ccc(-c3ccc(C4=NOC(CO[Si](C)(C)C(C)(C)C)C4)cc3F)cc2)C(=O)O1. The summed E-state index contributed by atoms with van der Waals surface area (Å²) in [5.41, 5.74) is 3.17. The first-order valence-electron chi connectivity index (χ1n) is 12.8. The van der Waals surface area contributed by atoms with Crippen LogP contribution in [0.1, 0.15) is 39.7 Å². The number of amides is 2. The second-order valence-electron chi connectivity index (χ2n) is 11.3. The summed E-state index contributed by atoms with van der Waals surface area (Å²) in [7, 11) is -1.89. The topological polar surface area (TPSA) is 89.5 Å². The molecule has 0 saturated carbocycles. The number of nitrogens with zero attached hydrogens (tertiary/aromatic N) is 2. The van der Waals surface area contributed by atoms with Crippen LogP contribution in [0.25, 0.3) is 11.1 Å². The van der Waals surface area contributed by atoms with E-state index in [2.05, 4.69) is 44.3 Å². The Balaban J connectivity index is 1.37. The van der Waals surface area contributed by atoms with Crippen molar-refractivity contribution in [1.82, 2.24) is 5.32 Å². The van der Waals surface area contributed by atoms with Crippen LogP contribution >= 0.6 is 0 Å². The third-order valence-electron chi connectivity index (χ3n) is 7.41. The monoisotopic (exact) mass is 541 g/mol. The van der Waals surface area contributed by atoms with E-state index < -0.39 is 20.5 Å². The van der Waals surface area contributed by atoms with Gasteiger partial charge in [-0.1, -0.05) is 50.2 Å². The summed E-state index contributed by atoms with van der Waals surface area (Å²) in [4.78, 5) is 30.5. The second kappa shape index (κ2) is 10.9. The Hall–Kier alpha value is -3.24. The molecule has 38 heavy (non-hydrogen) atoms. The molecule has 0 spiro atoms. The van der Waals surface area contributed by atoms with Crippen molar-refractivity contribution >= 4 is 31.7 Å². The van der Waals surface area contributed by atoms with Gasteiger partial charge < -0.3 is 19.3 Å². The first-order valence-corrected chi connectivity index (χ1v) is 15.7. The minimum Gasteiger partial charge on any atom is -0.442 e. The minimum absolute atomic E-state index is 0.112. The van der Waals surface area contributed by atoms with E-state index in [1.807, 2.05) is 6.07 Å². The molecule has 1 unspecified atom stereocenters. The van der Waals surface area contributed by atoms with E-state index in [4.69, 9.17) is 14.0 Å². The van der Waals surface area contributed by atoms with Gasteiger partial charge in [0.1, 0.15) is 11.9 Å². The summed E-state index contributed by atoms with van der Waals surface area (Å²) in [6, 6.07) is 12.1. The fourth-order valence-electron chi connectivity index (χ4n) is 4.05. The lowest BCUT2D eigenvalue weighted by Crippen LogP contribution is -2.42. The molecule has 0 bridgehead atoms. The maximum absolute atomic E-state index is 15.2. The fraction of sp³-hybridized carbons (Fsp3) is 0.464. The van der Waals surface area contributed by atoms with Crippen LogP contribution in [0.15, 0.2) is 47.6 Å². The number of halogens is 1. The average molecular weight is 542 g/mol.